The molecule has 4 rings (SSSR count). The molecule has 1 atom stereocenters. The van der Waals surface area contributed by atoms with Crippen molar-refractivity contribution in [2.24, 2.45) is 0 Å². The Morgan fingerprint density at radius 2 is 2.07 bits per heavy atom. The third-order valence-electron chi connectivity index (χ3n) is 4.45. The molecular weight excluding hydrogens is 426 g/mol. The molecule has 152 valence electrons. The van der Waals surface area contributed by atoms with E-state index in [1.54, 1.807) is 36.4 Å². The standard InChI is InChI=1S/C21H16ClN3O4S/c1-12-9-14(22)5-7-17(12)23-21-24-20(26)19(30-21)11-16-6-8-18(29-16)13-3-2-4-15(10-13)25(27)28/h2-11,21,23H,1H3,(H,24,26)/b19-11-. The first kappa shape index (κ1) is 20.1. The number of non-ortho nitro benzene ring substituents is 1. The van der Waals surface area contributed by atoms with Gasteiger partial charge >= 0.3 is 0 Å². The molecule has 0 aliphatic carbocycles. The Morgan fingerprint density at radius 1 is 1.23 bits per heavy atom. The molecule has 0 spiro atoms. The van der Waals surface area contributed by atoms with E-state index in [0.717, 1.165) is 11.3 Å². The number of nitro benzene ring substituents is 1. The fourth-order valence-corrected chi connectivity index (χ4v) is 4.17. The van der Waals surface area contributed by atoms with Gasteiger partial charge in [0.2, 0.25) is 0 Å². The van der Waals surface area contributed by atoms with Crippen molar-refractivity contribution in [2.75, 3.05) is 5.32 Å². The van der Waals surface area contributed by atoms with Crippen LogP contribution in [0.15, 0.2) is 63.9 Å². The van der Waals surface area contributed by atoms with Gasteiger partial charge in [-0.1, -0.05) is 35.5 Å². The topological polar surface area (TPSA) is 97.4 Å². The molecule has 1 amide bonds. The highest BCUT2D eigenvalue weighted by Crippen LogP contribution is 2.33. The van der Waals surface area contributed by atoms with Crippen LogP contribution in [0, 0.1) is 17.0 Å². The van der Waals surface area contributed by atoms with Gasteiger partial charge in [-0.05, 0) is 42.8 Å². The summed E-state index contributed by atoms with van der Waals surface area (Å²) < 4.78 is 5.77. The van der Waals surface area contributed by atoms with E-state index in [9.17, 15) is 14.9 Å². The van der Waals surface area contributed by atoms with Gasteiger partial charge in [-0.3, -0.25) is 14.9 Å². The third kappa shape index (κ3) is 4.34. The van der Waals surface area contributed by atoms with E-state index in [1.807, 2.05) is 19.1 Å². The van der Waals surface area contributed by atoms with Crippen LogP contribution in [0.1, 0.15) is 11.3 Å². The van der Waals surface area contributed by atoms with Gasteiger partial charge in [-0.25, -0.2) is 0 Å². The number of nitrogens with one attached hydrogen (secondary N) is 2. The molecule has 1 aliphatic heterocycles. The van der Waals surface area contributed by atoms with Crippen LogP contribution in [-0.4, -0.2) is 16.3 Å². The predicted octanol–water partition coefficient (Wildman–Crippen LogP) is 5.42. The first-order valence-corrected chi connectivity index (χ1v) is 10.2. The minimum Gasteiger partial charge on any atom is -0.457 e. The number of nitrogens with zero attached hydrogens (tertiary/aromatic N) is 1. The number of anilines is 1. The van der Waals surface area contributed by atoms with Crippen LogP contribution < -0.4 is 10.6 Å². The number of nitro groups is 1. The number of aryl methyl sites for hydroxylation is 1. The minimum absolute atomic E-state index is 0.0130. The summed E-state index contributed by atoms with van der Waals surface area (Å²) in [6, 6.07) is 15.1. The maximum Gasteiger partial charge on any atom is 0.270 e. The monoisotopic (exact) mass is 441 g/mol. The molecule has 0 saturated carbocycles. The van der Waals surface area contributed by atoms with Crippen molar-refractivity contribution in [1.82, 2.24) is 5.32 Å². The van der Waals surface area contributed by atoms with Crippen molar-refractivity contribution < 1.29 is 14.1 Å². The Morgan fingerprint density at radius 3 is 2.83 bits per heavy atom. The number of carbonyl (C=O) groups excluding carboxylic acids is 1. The lowest BCUT2D eigenvalue weighted by molar-refractivity contribution is -0.384. The van der Waals surface area contributed by atoms with Gasteiger partial charge in [0.1, 0.15) is 11.5 Å². The van der Waals surface area contributed by atoms with E-state index < -0.39 is 4.92 Å². The zero-order chi connectivity index (χ0) is 21.3. The summed E-state index contributed by atoms with van der Waals surface area (Å²) >= 11 is 7.32. The van der Waals surface area contributed by atoms with E-state index in [0.29, 0.717) is 27.0 Å². The summed E-state index contributed by atoms with van der Waals surface area (Å²) in [6.45, 7) is 1.94. The van der Waals surface area contributed by atoms with Crippen molar-refractivity contribution in [2.45, 2.75) is 12.4 Å². The number of hydrogen-bond acceptors (Lipinski definition) is 6. The number of hydrogen-bond donors (Lipinski definition) is 2. The summed E-state index contributed by atoms with van der Waals surface area (Å²) in [7, 11) is 0. The maximum atomic E-state index is 12.3. The smallest absolute Gasteiger partial charge is 0.270 e. The number of carbonyl (C=O) groups is 1. The molecule has 3 aromatic rings. The highest BCUT2D eigenvalue weighted by atomic mass is 35.5. The second kappa shape index (κ2) is 8.25. The molecule has 0 bridgehead atoms. The van der Waals surface area contributed by atoms with Gasteiger partial charge < -0.3 is 15.1 Å². The Bertz CT molecular complexity index is 1170. The molecule has 2 heterocycles. The Kier molecular flexibility index (Phi) is 5.52. The second-order valence-electron chi connectivity index (χ2n) is 6.59. The van der Waals surface area contributed by atoms with Crippen molar-refractivity contribution >= 4 is 46.7 Å². The molecule has 1 fully saturated rings. The molecule has 1 aliphatic rings. The second-order valence-corrected chi connectivity index (χ2v) is 8.18. The average molecular weight is 442 g/mol. The predicted molar refractivity (Wildman–Crippen MR) is 118 cm³/mol. The van der Waals surface area contributed by atoms with Gasteiger partial charge in [-0.15, -0.1) is 0 Å². The molecule has 0 radical (unpaired) electrons. The summed E-state index contributed by atoms with van der Waals surface area (Å²) in [5.41, 5.74) is 2.11. The van der Waals surface area contributed by atoms with E-state index >= 15 is 0 Å². The minimum atomic E-state index is -0.454. The lowest BCUT2D eigenvalue weighted by Gasteiger charge is -2.14. The maximum absolute atomic E-state index is 12.3. The first-order chi connectivity index (χ1) is 14.4. The molecule has 1 aromatic heterocycles. The van der Waals surface area contributed by atoms with Crippen molar-refractivity contribution in [3.05, 3.63) is 86.0 Å². The molecule has 2 N–H and O–H groups in total. The van der Waals surface area contributed by atoms with Gasteiger partial charge in [0.25, 0.3) is 11.6 Å². The van der Waals surface area contributed by atoms with Gasteiger partial charge in [0, 0.05) is 34.5 Å². The summed E-state index contributed by atoms with van der Waals surface area (Å²) in [4.78, 5) is 23.3. The zero-order valence-electron chi connectivity index (χ0n) is 15.7. The Balaban J connectivity index is 1.49. The van der Waals surface area contributed by atoms with Crippen LogP contribution in [0.3, 0.4) is 0 Å². The number of halogens is 1. The summed E-state index contributed by atoms with van der Waals surface area (Å²) in [5, 5.41) is 17.7. The highest BCUT2D eigenvalue weighted by Gasteiger charge is 2.28. The Labute approximate surface area is 181 Å². The van der Waals surface area contributed by atoms with Crippen molar-refractivity contribution in [3.63, 3.8) is 0 Å². The first-order valence-electron chi connectivity index (χ1n) is 8.95. The number of furan rings is 1. The summed E-state index contributed by atoms with van der Waals surface area (Å²) in [6.07, 6.45) is 1.65. The van der Waals surface area contributed by atoms with Crippen LogP contribution in [0.5, 0.6) is 0 Å². The quantitative estimate of drug-likeness (QED) is 0.312. The number of rotatable bonds is 5. The fraction of sp³-hybridized carbons (Fsp3) is 0.0952. The molecule has 7 nitrogen and oxygen atoms in total. The lowest BCUT2D eigenvalue weighted by atomic mass is 10.1. The molecule has 9 heteroatoms. The number of benzene rings is 2. The normalized spacial score (nSPS) is 17.2. The van der Waals surface area contributed by atoms with Crippen molar-refractivity contribution in [3.8, 4) is 11.3 Å². The molecule has 2 aromatic carbocycles. The van der Waals surface area contributed by atoms with Gasteiger partial charge in [-0.2, -0.15) is 0 Å². The van der Waals surface area contributed by atoms with Gasteiger partial charge in [0.05, 0.1) is 9.83 Å². The molecule has 1 unspecified atom stereocenters. The van der Waals surface area contributed by atoms with Crippen LogP contribution in [0.4, 0.5) is 11.4 Å². The van der Waals surface area contributed by atoms with E-state index in [2.05, 4.69) is 10.6 Å². The van der Waals surface area contributed by atoms with Crippen LogP contribution in [0.25, 0.3) is 17.4 Å². The van der Waals surface area contributed by atoms with Crippen LogP contribution in [-0.2, 0) is 4.79 Å². The highest BCUT2D eigenvalue weighted by molar-refractivity contribution is 8.05. The Hall–Kier alpha value is -3.23. The largest absolute Gasteiger partial charge is 0.457 e. The lowest BCUT2D eigenvalue weighted by Crippen LogP contribution is -2.31. The van der Waals surface area contributed by atoms with E-state index in [-0.39, 0.29) is 17.1 Å². The van der Waals surface area contributed by atoms with Crippen LogP contribution >= 0.6 is 23.4 Å². The molecular formula is C21H16ClN3O4S. The molecule has 30 heavy (non-hydrogen) atoms. The SMILES string of the molecule is Cc1cc(Cl)ccc1NC1NC(=O)/C(=C/c2ccc(-c3cccc([N+](=O)[O-])c3)o2)S1. The third-order valence-corrected chi connectivity index (χ3v) is 5.71. The number of thioether (sulfide) groups is 1. The van der Waals surface area contributed by atoms with E-state index in [1.165, 1.54) is 23.9 Å². The zero-order valence-corrected chi connectivity index (χ0v) is 17.3. The van der Waals surface area contributed by atoms with Crippen molar-refractivity contribution in [1.29, 1.82) is 0 Å². The molecule has 1 saturated heterocycles. The van der Waals surface area contributed by atoms with Gasteiger partial charge in [0.15, 0.2) is 5.50 Å². The average Bonchev–Trinajstić information content (AvgIpc) is 3.31. The fourth-order valence-electron chi connectivity index (χ4n) is 2.98. The summed E-state index contributed by atoms with van der Waals surface area (Å²) in [5.74, 6) is 0.760. The van der Waals surface area contributed by atoms with E-state index in [4.69, 9.17) is 16.0 Å². The number of amides is 1. The van der Waals surface area contributed by atoms with Crippen LogP contribution in [0.2, 0.25) is 5.02 Å².